The average molecular weight is 334 g/mol. The summed E-state index contributed by atoms with van der Waals surface area (Å²) in [5.41, 5.74) is -0.0755. The molecule has 0 radical (unpaired) electrons. The van der Waals surface area contributed by atoms with E-state index in [-0.39, 0.29) is 22.2 Å². The number of benzene rings is 1. The fraction of sp³-hybridized carbons (Fsp3) is 0.250. The maximum Gasteiger partial charge on any atom is 0.313 e. The van der Waals surface area contributed by atoms with E-state index < -0.39 is 17.6 Å². The largest absolute Gasteiger partial charge is 0.481 e. The molecule has 0 fully saturated rings. The highest BCUT2D eigenvalue weighted by Crippen LogP contribution is 2.29. The van der Waals surface area contributed by atoms with Crippen molar-refractivity contribution in [2.45, 2.75) is 18.6 Å². The van der Waals surface area contributed by atoms with Crippen LogP contribution in [0.3, 0.4) is 0 Å². The number of aliphatic carboxylic acids is 1. The smallest absolute Gasteiger partial charge is 0.313 e. The second kappa shape index (κ2) is 6.40. The highest BCUT2D eigenvalue weighted by molar-refractivity contribution is 7.99. The molecule has 5 nitrogen and oxygen atoms in total. The van der Waals surface area contributed by atoms with Crippen molar-refractivity contribution < 1.29 is 18.7 Å². The minimum atomic E-state index is -1.00. The maximum absolute atomic E-state index is 13.9. The van der Waals surface area contributed by atoms with E-state index in [4.69, 9.17) is 16.7 Å². The first-order valence-corrected chi connectivity index (χ1v) is 7.23. The fourth-order valence-electron chi connectivity index (χ4n) is 1.70. The number of halogens is 3. The van der Waals surface area contributed by atoms with Gasteiger partial charge in [0.05, 0.1) is 16.3 Å². The van der Waals surface area contributed by atoms with E-state index >= 15 is 0 Å². The highest BCUT2D eigenvalue weighted by Gasteiger charge is 2.19. The van der Waals surface area contributed by atoms with Gasteiger partial charge < -0.3 is 9.67 Å². The summed E-state index contributed by atoms with van der Waals surface area (Å²) >= 11 is 6.47. The Labute approximate surface area is 127 Å². The molecule has 0 saturated heterocycles. The quantitative estimate of drug-likeness (QED) is 0.672. The van der Waals surface area contributed by atoms with Gasteiger partial charge in [-0.05, 0) is 19.1 Å². The van der Waals surface area contributed by atoms with Gasteiger partial charge in [0, 0.05) is 6.54 Å². The SMILES string of the molecule is CCn1c(SCC(=O)O)nnc1-c1cc(F)c(Cl)cc1F. The van der Waals surface area contributed by atoms with Gasteiger partial charge in [0.2, 0.25) is 0 Å². The van der Waals surface area contributed by atoms with Crippen LogP contribution < -0.4 is 0 Å². The Hall–Kier alpha value is -1.67. The summed E-state index contributed by atoms with van der Waals surface area (Å²) in [6.07, 6.45) is 0. The molecule has 2 rings (SSSR count). The van der Waals surface area contributed by atoms with Crippen molar-refractivity contribution in [1.29, 1.82) is 0 Å². The molecular formula is C12H10ClF2N3O2S. The minimum Gasteiger partial charge on any atom is -0.481 e. The molecule has 112 valence electrons. The predicted octanol–water partition coefficient (Wildman–Crippen LogP) is 3.07. The van der Waals surface area contributed by atoms with Crippen LogP contribution in [0.4, 0.5) is 8.78 Å². The molecule has 0 bridgehead atoms. The van der Waals surface area contributed by atoms with E-state index in [0.717, 1.165) is 23.9 Å². The number of aromatic nitrogens is 3. The first-order chi connectivity index (χ1) is 9.93. The number of carboxylic acids is 1. The van der Waals surface area contributed by atoms with E-state index in [1.807, 2.05) is 0 Å². The van der Waals surface area contributed by atoms with E-state index in [2.05, 4.69) is 10.2 Å². The lowest BCUT2D eigenvalue weighted by Gasteiger charge is -2.08. The molecule has 1 aromatic heterocycles. The first-order valence-electron chi connectivity index (χ1n) is 5.86. The van der Waals surface area contributed by atoms with Gasteiger partial charge in [-0.1, -0.05) is 23.4 Å². The summed E-state index contributed by atoms with van der Waals surface area (Å²) in [6.45, 7) is 2.15. The highest BCUT2D eigenvalue weighted by atomic mass is 35.5. The zero-order valence-corrected chi connectivity index (χ0v) is 12.4. The van der Waals surface area contributed by atoms with Crippen LogP contribution in [-0.2, 0) is 11.3 Å². The molecule has 0 atom stereocenters. The van der Waals surface area contributed by atoms with Crippen LogP contribution >= 0.6 is 23.4 Å². The van der Waals surface area contributed by atoms with Gasteiger partial charge in [0.15, 0.2) is 11.0 Å². The van der Waals surface area contributed by atoms with Crippen LogP contribution in [0.1, 0.15) is 6.92 Å². The molecule has 0 spiro atoms. The van der Waals surface area contributed by atoms with Crippen LogP contribution in [-0.4, -0.2) is 31.6 Å². The van der Waals surface area contributed by atoms with Gasteiger partial charge in [-0.25, -0.2) is 8.78 Å². The summed E-state index contributed by atoms with van der Waals surface area (Å²) in [5, 5.41) is 16.3. The molecule has 1 aromatic carbocycles. The molecule has 1 heterocycles. The van der Waals surface area contributed by atoms with Crippen LogP contribution in [0.25, 0.3) is 11.4 Å². The second-order valence-electron chi connectivity index (χ2n) is 3.98. The fourth-order valence-corrected chi connectivity index (χ4v) is 2.57. The van der Waals surface area contributed by atoms with Crippen molar-refractivity contribution in [1.82, 2.24) is 14.8 Å². The molecule has 9 heteroatoms. The van der Waals surface area contributed by atoms with Crippen molar-refractivity contribution in [2.24, 2.45) is 0 Å². The average Bonchev–Trinajstić information content (AvgIpc) is 2.83. The van der Waals surface area contributed by atoms with Crippen LogP contribution in [0.2, 0.25) is 5.02 Å². The van der Waals surface area contributed by atoms with Crippen molar-refractivity contribution >= 4 is 29.3 Å². The molecule has 2 aromatic rings. The Morgan fingerprint density at radius 1 is 1.38 bits per heavy atom. The van der Waals surface area contributed by atoms with Gasteiger partial charge in [0.25, 0.3) is 0 Å². The molecule has 1 N–H and O–H groups in total. The van der Waals surface area contributed by atoms with Gasteiger partial charge in [0.1, 0.15) is 11.6 Å². The monoisotopic (exact) mass is 333 g/mol. The normalized spacial score (nSPS) is 10.9. The standard InChI is InChI=1S/C12H10ClF2N3O2S/c1-2-18-11(16-17-12(18)21-5-10(19)20)6-3-9(15)7(13)4-8(6)14/h3-4H,2,5H2,1H3,(H,19,20). The Kier molecular flexibility index (Phi) is 4.79. The number of thioether (sulfide) groups is 1. The number of carboxylic acid groups (broad SMARTS) is 1. The predicted molar refractivity (Wildman–Crippen MR) is 74.4 cm³/mol. The maximum atomic E-state index is 13.9. The third kappa shape index (κ3) is 3.33. The van der Waals surface area contributed by atoms with Crippen molar-refractivity contribution in [2.75, 3.05) is 5.75 Å². The lowest BCUT2D eigenvalue weighted by molar-refractivity contribution is -0.133. The zero-order chi connectivity index (χ0) is 15.6. The first kappa shape index (κ1) is 15.7. The van der Waals surface area contributed by atoms with Crippen molar-refractivity contribution in [3.05, 3.63) is 28.8 Å². The van der Waals surface area contributed by atoms with E-state index in [1.165, 1.54) is 4.57 Å². The lowest BCUT2D eigenvalue weighted by Crippen LogP contribution is -2.04. The molecule has 21 heavy (non-hydrogen) atoms. The third-order valence-corrected chi connectivity index (χ3v) is 3.85. The van der Waals surface area contributed by atoms with Crippen LogP contribution in [0, 0.1) is 11.6 Å². The summed E-state index contributed by atoms with van der Waals surface area (Å²) < 4.78 is 28.9. The minimum absolute atomic E-state index is 0.0755. The van der Waals surface area contributed by atoms with E-state index in [0.29, 0.717) is 11.7 Å². The Morgan fingerprint density at radius 2 is 2.10 bits per heavy atom. The molecular weight excluding hydrogens is 324 g/mol. The Balaban J connectivity index is 2.45. The number of rotatable bonds is 5. The van der Waals surface area contributed by atoms with Crippen LogP contribution in [0.5, 0.6) is 0 Å². The van der Waals surface area contributed by atoms with Crippen molar-refractivity contribution in [3.8, 4) is 11.4 Å². The summed E-state index contributed by atoms with van der Waals surface area (Å²) in [5.74, 6) is -2.57. The molecule has 0 aliphatic carbocycles. The zero-order valence-electron chi connectivity index (χ0n) is 10.8. The third-order valence-electron chi connectivity index (χ3n) is 2.61. The molecule has 0 amide bonds. The lowest BCUT2D eigenvalue weighted by atomic mass is 10.2. The number of hydrogen-bond acceptors (Lipinski definition) is 4. The summed E-state index contributed by atoms with van der Waals surface area (Å²) in [6, 6.07) is 1.81. The molecule has 0 aliphatic heterocycles. The van der Waals surface area contributed by atoms with Gasteiger partial charge in [-0.3, -0.25) is 4.79 Å². The molecule has 0 saturated carbocycles. The number of nitrogens with zero attached hydrogens (tertiary/aromatic N) is 3. The topological polar surface area (TPSA) is 68.0 Å². The Morgan fingerprint density at radius 3 is 2.71 bits per heavy atom. The molecule has 0 unspecified atom stereocenters. The molecule has 0 aliphatic rings. The number of hydrogen-bond donors (Lipinski definition) is 1. The van der Waals surface area contributed by atoms with E-state index in [1.54, 1.807) is 6.92 Å². The van der Waals surface area contributed by atoms with E-state index in [9.17, 15) is 13.6 Å². The van der Waals surface area contributed by atoms with Gasteiger partial charge in [-0.2, -0.15) is 0 Å². The van der Waals surface area contributed by atoms with Gasteiger partial charge >= 0.3 is 5.97 Å². The van der Waals surface area contributed by atoms with Crippen molar-refractivity contribution in [3.63, 3.8) is 0 Å². The number of carbonyl (C=O) groups is 1. The second-order valence-corrected chi connectivity index (χ2v) is 5.33. The summed E-state index contributed by atoms with van der Waals surface area (Å²) in [4.78, 5) is 10.6. The Bertz CT molecular complexity index is 693. The van der Waals surface area contributed by atoms with Gasteiger partial charge in [-0.15, -0.1) is 10.2 Å². The summed E-state index contributed by atoms with van der Waals surface area (Å²) in [7, 11) is 0. The van der Waals surface area contributed by atoms with Crippen LogP contribution in [0.15, 0.2) is 17.3 Å².